The van der Waals surface area contributed by atoms with E-state index in [9.17, 15) is 4.79 Å². The van der Waals surface area contributed by atoms with Crippen LogP contribution in [0.15, 0.2) is 30.3 Å². The lowest BCUT2D eigenvalue weighted by Crippen LogP contribution is -1.93. The van der Waals surface area contributed by atoms with Gasteiger partial charge in [0.1, 0.15) is 0 Å². The van der Waals surface area contributed by atoms with Gasteiger partial charge in [-0.2, -0.15) is 0 Å². The van der Waals surface area contributed by atoms with E-state index in [1.807, 2.05) is 0 Å². The van der Waals surface area contributed by atoms with E-state index in [1.54, 1.807) is 30.3 Å². The average molecular weight is 167 g/mol. The van der Waals surface area contributed by atoms with Crippen LogP contribution in [-0.4, -0.2) is 33.9 Å². The Morgan fingerprint density at radius 3 is 1.91 bits per heavy atom. The summed E-state index contributed by atoms with van der Waals surface area (Å²) in [4.78, 5) is 10.2. The van der Waals surface area contributed by atoms with Crippen molar-refractivity contribution in [1.82, 2.24) is 0 Å². The third-order valence-electron chi connectivity index (χ3n) is 1.02. The Kier molecular flexibility index (Phi) is 6.91. The molecule has 1 aromatic rings. The quantitative estimate of drug-likeness (QED) is 0.606. The second-order valence-corrected chi connectivity index (χ2v) is 1.67. The summed E-state index contributed by atoms with van der Waals surface area (Å²) in [6.45, 7) is 0. The van der Waals surface area contributed by atoms with Crippen LogP contribution < -0.4 is 0 Å². The number of benzene rings is 1. The van der Waals surface area contributed by atoms with Crippen LogP contribution in [0.1, 0.15) is 10.4 Å². The van der Waals surface area contributed by atoms with E-state index in [1.165, 1.54) is 0 Å². The van der Waals surface area contributed by atoms with Crippen LogP contribution >= 0.6 is 0 Å². The van der Waals surface area contributed by atoms with Gasteiger partial charge in [0.15, 0.2) is 0 Å². The lowest BCUT2D eigenvalue weighted by atomic mass is 10.2. The number of carboxylic acids is 1. The van der Waals surface area contributed by atoms with Crippen molar-refractivity contribution in [2.45, 2.75) is 0 Å². The molecule has 3 N–H and O–H groups in total. The maximum Gasteiger partial charge on any atom is 0.335 e. The summed E-state index contributed by atoms with van der Waals surface area (Å²) >= 11 is 0. The lowest BCUT2D eigenvalue weighted by molar-refractivity contribution is 0.0697. The fourth-order valence-electron chi connectivity index (χ4n) is 0.581. The molecule has 3 nitrogen and oxygen atoms in total. The first kappa shape index (κ1) is 12.8. The minimum absolute atomic E-state index is 0. The predicted octanol–water partition coefficient (Wildman–Crippen LogP) is 0.179. The Hall–Kier alpha value is -0.818. The van der Waals surface area contributed by atoms with E-state index in [2.05, 4.69) is 0 Å². The molecule has 0 atom stereocenters. The topological polar surface area (TPSA) is 68.8 Å². The van der Waals surface area contributed by atoms with Crippen molar-refractivity contribution in [2.75, 3.05) is 0 Å². The van der Waals surface area contributed by atoms with Crippen LogP contribution in [0.25, 0.3) is 0 Å². The van der Waals surface area contributed by atoms with Crippen molar-refractivity contribution in [3.63, 3.8) is 0 Å². The van der Waals surface area contributed by atoms with E-state index in [0.29, 0.717) is 5.56 Å². The number of carbonyl (C=O) groups is 1. The molecular formula is C7H8AlO3. The molecule has 0 amide bonds. The Bertz CT molecular complexity index is 210. The second-order valence-electron chi connectivity index (χ2n) is 1.67. The third kappa shape index (κ3) is 3.79. The average Bonchev–Trinajstić information content (AvgIpc) is 1.90. The summed E-state index contributed by atoms with van der Waals surface area (Å²) in [5.41, 5.74) is 0.331. The van der Waals surface area contributed by atoms with Gasteiger partial charge in [0, 0.05) is 17.4 Å². The van der Waals surface area contributed by atoms with Crippen LogP contribution in [0.4, 0.5) is 0 Å². The second kappa shape index (κ2) is 5.93. The van der Waals surface area contributed by atoms with Crippen LogP contribution in [0.5, 0.6) is 0 Å². The molecule has 0 aromatic heterocycles. The molecule has 0 aliphatic rings. The maximum absolute atomic E-state index is 10.2. The van der Waals surface area contributed by atoms with E-state index in [0.717, 1.165) is 0 Å². The standard InChI is InChI=1S/C7H6O2.Al.H2O/c8-7(9)6-4-2-1-3-5-6;;/h1-5H,(H,8,9);;1H2. The first-order chi connectivity index (χ1) is 4.30. The van der Waals surface area contributed by atoms with Gasteiger partial charge in [0.25, 0.3) is 0 Å². The molecule has 0 heterocycles. The molecule has 0 saturated carbocycles. The van der Waals surface area contributed by atoms with Gasteiger partial charge in [-0.15, -0.1) is 0 Å². The summed E-state index contributed by atoms with van der Waals surface area (Å²) in [6.07, 6.45) is 0. The highest BCUT2D eigenvalue weighted by Gasteiger charge is 1.96. The number of hydrogen-bond donors (Lipinski definition) is 1. The van der Waals surface area contributed by atoms with Gasteiger partial charge in [-0.25, -0.2) is 4.79 Å². The molecule has 1 rings (SSSR count). The van der Waals surface area contributed by atoms with Gasteiger partial charge >= 0.3 is 5.97 Å². The van der Waals surface area contributed by atoms with Gasteiger partial charge in [0.05, 0.1) is 5.56 Å². The number of carboxylic acid groups (broad SMARTS) is 1. The van der Waals surface area contributed by atoms with Crippen molar-refractivity contribution in [3.8, 4) is 0 Å². The summed E-state index contributed by atoms with van der Waals surface area (Å²) in [6, 6.07) is 8.30. The van der Waals surface area contributed by atoms with Crippen molar-refractivity contribution in [2.24, 2.45) is 0 Å². The summed E-state index contributed by atoms with van der Waals surface area (Å²) in [7, 11) is 0. The Balaban J connectivity index is 0. The first-order valence-corrected chi connectivity index (χ1v) is 2.59. The van der Waals surface area contributed by atoms with Crippen LogP contribution in [0.3, 0.4) is 0 Å². The molecule has 4 heteroatoms. The molecule has 0 bridgehead atoms. The monoisotopic (exact) mass is 167 g/mol. The van der Waals surface area contributed by atoms with Gasteiger partial charge in [-0.05, 0) is 12.1 Å². The molecule has 0 fully saturated rings. The zero-order chi connectivity index (χ0) is 6.69. The number of aromatic carboxylic acids is 1. The predicted molar refractivity (Wildman–Crippen MR) is 42.8 cm³/mol. The fraction of sp³-hybridized carbons (Fsp3) is 0. The summed E-state index contributed by atoms with van der Waals surface area (Å²) in [5, 5.41) is 8.38. The van der Waals surface area contributed by atoms with E-state index in [-0.39, 0.29) is 22.8 Å². The zero-order valence-electron chi connectivity index (χ0n) is 5.82. The molecule has 11 heavy (non-hydrogen) atoms. The highest BCUT2D eigenvalue weighted by molar-refractivity contribution is 5.87. The van der Waals surface area contributed by atoms with Crippen LogP contribution in [0, 0.1) is 0 Å². The number of hydrogen-bond acceptors (Lipinski definition) is 1. The zero-order valence-corrected chi connectivity index (χ0v) is 6.97. The van der Waals surface area contributed by atoms with Crippen molar-refractivity contribution >= 4 is 23.3 Å². The molecular weight excluding hydrogens is 159 g/mol. The molecule has 0 unspecified atom stereocenters. The minimum atomic E-state index is -0.879. The van der Waals surface area contributed by atoms with Gasteiger partial charge in [-0.3, -0.25) is 0 Å². The summed E-state index contributed by atoms with van der Waals surface area (Å²) < 4.78 is 0. The molecule has 3 radical (unpaired) electrons. The van der Waals surface area contributed by atoms with Gasteiger partial charge in [0.2, 0.25) is 0 Å². The Morgan fingerprint density at radius 1 is 1.18 bits per heavy atom. The molecule has 0 aliphatic heterocycles. The smallest absolute Gasteiger partial charge is 0.335 e. The Morgan fingerprint density at radius 2 is 1.64 bits per heavy atom. The normalized spacial score (nSPS) is 7.27. The molecule has 57 valence electrons. The van der Waals surface area contributed by atoms with Crippen LogP contribution in [-0.2, 0) is 0 Å². The van der Waals surface area contributed by atoms with Gasteiger partial charge < -0.3 is 10.6 Å². The van der Waals surface area contributed by atoms with Crippen LogP contribution in [0.2, 0.25) is 0 Å². The fourth-order valence-corrected chi connectivity index (χ4v) is 0.581. The molecule has 0 aliphatic carbocycles. The highest BCUT2D eigenvalue weighted by Crippen LogP contribution is 1.96. The van der Waals surface area contributed by atoms with Crippen molar-refractivity contribution < 1.29 is 15.4 Å². The van der Waals surface area contributed by atoms with E-state index < -0.39 is 5.97 Å². The molecule has 0 saturated heterocycles. The molecule has 1 aromatic carbocycles. The lowest BCUT2D eigenvalue weighted by Gasteiger charge is -1.88. The van der Waals surface area contributed by atoms with Gasteiger partial charge in [-0.1, -0.05) is 18.2 Å². The molecule has 0 spiro atoms. The maximum atomic E-state index is 10.2. The largest absolute Gasteiger partial charge is 0.478 e. The van der Waals surface area contributed by atoms with E-state index >= 15 is 0 Å². The number of rotatable bonds is 1. The highest BCUT2D eigenvalue weighted by atomic mass is 27.0. The first-order valence-electron chi connectivity index (χ1n) is 2.59. The van der Waals surface area contributed by atoms with E-state index in [4.69, 9.17) is 5.11 Å². The third-order valence-corrected chi connectivity index (χ3v) is 1.02. The minimum Gasteiger partial charge on any atom is -0.478 e. The SMILES string of the molecule is O.O=C(O)c1ccccc1.[Al]. The van der Waals surface area contributed by atoms with Crippen molar-refractivity contribution in [1.29, 1.82) is 0 Å². The Labute approximate surface area is 75.1 Å². The summed E-state index contributed by atoms with van der Waals surface area (Å²) in [5.74, 6) is -0.879. The van der Waals surface area contributed by atoms with Crippen molar-refractivity contribution in [3.05, 3.63) is 35.9 Å².